The number of benzene rings is 2. The zero-order valence-electron chi connectivity index (χ0n) is 17.1. The van der Waals surface area contributed by atoms with Crippen LogP contribution in [0.3, 0.4) is 0 Å². The van der Waals surface area contributed by atoms with Gasteiger partial charge in [0.2, 0.25) is 0 Å². The summed E-state index contributed by atoms with van der Waals surface area (Å²) in [5.74, 6) is 1.19. The second-order valence-corrected chi connectivity index (χ2v) is 9.04. The number of nitrogens with zero attached hydrogens (tertiary/aromatic N) is 3. The number of thiazole rings is 1. The van der Waals surface area contributed by atoms with Crippen molar-refractivity contribution >= 4 is 43.4 Å². The molecule has 1 saturated heterocycles. The maximum atomic E-state index is 13.1. The van der Waals surface area contributed by atoms with Crippen LogP contribution in [-0.2, 0) is 6.54 Å². The number of para-hydroxylation sites is 1. The minimum atomic E-state index is 0.0108. The van der Waals surface area contributed by atoms with Gasteiger partial charge in [0.05, 0.1) is 35.0 Å². The summed E-state index contributed by atoms with van der Waals surface area (Å²) in [6.07, 6.45) is 0. The van der Waals surface area contributed by atoms with E-state index in [1.165, 1.54) is 4.70 Å². The van der Waals surface area contributed by atoms with Gasteiger partial charge in [-0.1, -0.05) is 12.1 Å². The number of methoxy groups -OCH3 is 1. The number of ether oxygens (including phenoxy) is 2. The topological polar surface area (TPSA) is 54.9 Å². The highest BCUT2D eigenvalue weighted by molar-refractivity contribution is 9.10. The Morgan fingerprint density at radius 1 is 1.20 bits per heavy atom. The van der Waals surface area contributed by atoms with Crippen molar-refractivity contribution in [3.8, 4) is 11.5 Å². The molecule has 0 spiro atoms. The number of amides is 1. The molecule has 0 N–H and O–H groups in total. The van der Waals surface area contributed by atoms with Crippen molar-refractivity contribution in [3.63, 3.8) is 0 Å². The van der Waals surface area contributed by atoms with Gasteiger partial charge in [-0.2, -0.15) is 0 Å². The maximum absolute atomic E-state index is 13.1. The molecule has 1 fully saturated rings. The van der Waals surface area contributed by atoms with Crippen LogP contribution in [0.15, 0.2) is 40.9 Å². The smallest absolute Gasteiger partial charge is 0.254 e. The normalized spacial score (nSPS) is 14.8. The van der Waals surface area contributed by atoms with E-state index in [0.717, 1.165) is 34.6 Å². The molecule has 30 heavy (non-hydrogen) atoms. The minimum Gasteiger partial charge on any atom is -0.493 e. The standard InChI is InChI=1S/C22H24BrN3O3S/c1-3-29-21-16(23)12-15(13-18(21)28-2)22(27)26-10-8-25(9-11-26)14-20-24-17-6-4-5-7-19(17)30-20/h4-7,12-13H,3,8-11,14H2,1-2H3. The number of piperazine rings is 1. The number of carbonyl (C=O) groups is 1. The Labute approximate surface area is 188 Å². The first-order valence-electron chi connectivity index (χ1n) is 9.95. The molecule has 3 aromatic rings. The number of carbonyl (C=O) groups excluding carboxylic acids is 1. The average molecular weight is 490 g/mol. The number of halogens is 1. The first-order valence-corrected chi connectivity index (χ1v) is 11.6. The summed E-state index contributed by atoms with van der Waals surface area (Å²) >= 11 is 5.24. The van der Waals surface area contributed by atoms with Crippen LogP contribution in [0.25, 0.3) is 10.2 Å². The minimum absolute atomic E-state index is 0.0108. The van der Waals surface area contributed by atoms with Crippen LogP contribution >= 0.6 is 27.3 Å². The molecule has 158 valence electrons. The van der Waals surface area contributed by atoms with Crippen molar-refractivity contribution in [1.82, 2.24) is 14.8 Å². The molecule has 2 heterocycles. The summed E-state index contributed by atoms with van der Waals surface area (Å²) in [4.78, 5) is 22.0. The SMILES string of the molecule is CCOc1c(Br)cc(C(=O)N2CCN(Cc3nc4ccccc4s3)CC2)cc1OC. The highest BCUT2D eigenvalue weighted by Crippen LogP contribution is 2.37. The summed E-state index contributed by atoms with van der Waals surface area (Å²) in [5, 5.41) is 1.12. The number of hydrogen-bond acceptors (Lipinski definition) is 6. The van der Waals surface area contributed by atoms with Crippen molar-refractivity contribution in [2.45, 2.75) is 13.5 Å². The predicted molar refractivity (Wildman–Crippen MR) is 123 cm³/mol. The highest BCUT2D eigenvalue weighted by atomic mass is 79.9. The lowest BCUT2D eigenvalue weighted by Gasteiger charge is -2.34. The van der Waals surface area contributed by atoms with E-state index < -0.39 is 0 Å². The van der Waals surface area contributed by atoms with E-state index in [1.807, 2.05) is 30.0 Å². The molecule has 1 aromatic heterocycles. The molecular weight excluding hydrogens is 466 g/mol. The monoisotopic (exact) mass is 489 g/mol. The van der Waals surface area contributed by atoms with Gasteiger partial charge >= 0.3 is 0 Å². The second-order valence-electron chi connectivity index (χ2n) is 7.07. The number of rotatable bonds is 6. The fourth-order valence-corrected chi connectivity index (χ4v) is 5.16. The van der Waals surface area contributed by atoms with Gasteiger partial charge in [-0.15, -0.1) is 11.3 Å². The van der Waals surface area contributed by atoms with E-state index in [9.17, 15) is 4.79 Å². The molecule has 1 aliphatic rings. The van der Waals surface area contributed by atoms with Crippen molar-refractivity contribution in [3.05, 3.63) is 51.4 Å². The summed E-state index contributed by atoms with van der Waals surface area (Å²) in [5.41, 5.74) is 1.66. The third-order valence-corrected chi connectivity index (χ3v) is 6.73. The molecule has 0 unspecified atom stereocenters. The van der Waals surface area contributed by atoms with E-state index in [-0.39, 0.29) is 5.91 Å². The van der Waals surface area contributed by atoms with Gasteiger partial charge < -0.3 is 14.4 Å². The lowest BCUT2D eigenvalue weighted by atomic mass is 10.1. The van der Waals surface area contributed by atoms with Gasteiger partial charge in [-0.25, -0.2) is 4.98 Å². The van der Waals surface area contributed by atoms with Crippen molar-refractivity contribution in [2.75, 3.05) is 39.9 Å². The second kappa shape index (κ2) is 9.32. The molecule has 2 aromatic carbocycles. The van der Waals surface area contributed by atoms with Gasteiger partial charge in [0.15, 0.2) is 11.5 Å². The van der Waals surface area contributed by atoms with Gasteiger partial charge in [-0.3, -0.25) is 9.69 Å². The van der Waals surface area contributed by atoms with Crippen LogP contribution in [0.2, 0.25) is 0 Å². The molecule has 1 amide bonds. The lowest BCUT2D eigenvalue weighted by molar-refractivity contribution is 0.0628. The molecule has 0 bridgehead atoms. The molecule has 4 rings (SSSR count). The summed E-state index contributed by atoms with van der Waals surface area (Å²) in [6, 6.07) is 11.8. The Morgan fingerprint density at radius 3 is 2.67 bits per heavy atom. The van der Waals surface area contributed by atoms with Gasteiger partial charge in [0.25, 0.3) is 5.91 Å². The van der Waals surface area contributed by atoms with Crippen LogP contribution in [0.1, 0.15) is 22.3 Å². The number of fused-ring (bicyclic) bond motifs is 1. The van der Waals surface area contributed by atoms with Crippen molar-refractivity contribution in [1.29, 1.82) is 0 Å². The Bertz CT molecular complexity index is 1010. The predicted octanol–water partition coefficient (Wildman–Crippen LogP) is 4.42. The largest absolute Gasteiger partial charge is 0.493 e. The Morgan fingerprint density at radius 2 is 1.97 bits per heavy atom. The van der Waals surface area contributed by atoms with Crippen LogP contribution in [0.5, 0.6) is 11.5 Å². The fourth-order valence-electron chi connectivity index (χ4n) is 3.60. The first-order chi connectivity index (χ1) is 14.6. The molecule has 0 saturated carbocycles. The lowest BCUT2D eigenvalue weighted by Crippen LogP contribution is -2.48. The molecule has 6 nitrogen and oxygen atoms in total. The Kier molecular flexibility index (Phi) is 6.55. The highest BCUT2D eigenvalue weighted by Gasteiger charge is 2.24. The third kappa shape index (κ3) is 4.45. The Balaban J connectivity index is 1.40. The molecule has 0 aliphatic carbocycles. The van der Waals surface area contributed by atoms with Crippen molar-refractivity contribution in [2.24, 2.45) is 0 Å². The van der Waals surface area contributed by atoms with Crippen LogP contribution in [-0.4, -0.2) is 60.6 Å². The fraction of sp³-hybridized carbons (Fsp3) is 0.364. The zero-order chi connectivity index (χ0) is 21.1. The summed E-state index contributed by atoms with van der Waals surface area (Å²) in [7, 11) is 1.58. The molecular formula is C22H24BrN3O3S. The van der Waals surface area contributed by atoms with Crippen LogP contribution in [0.4, 0.5) is 0 Å². The van der Waals surface area contributed by atoms with Crippen molar-refractivity contribution < 1.29 is 14.3 Å². The molecule has 0 radical (unpaired) electrons. The number of aromatic nitrogens is 1. The van der Waals surface area contributed by atoms with E-state index in [0.29, 0.717) is 36.8 Å². The van der Waals surface area contributed by atoms with Gasteiger partial charge in [-0.05, 0) is 47.1 Å². The van der Waals surface area contributed by atoms with E-state index in [1.54, 1.807) is 24.5 Å². The first kappa shape index (κ1) is 21.1. The van der Waals surface area contributed by atoms with E-state index in [2.05, 4.69) is 33.0 Å². The molecule has 8 heteroatoms. The summed E-state index contributed by atoms with van der Waals surface area (Å²) < 4.78 is 13.0. The molecule has 0 atom stereocenters. The number of hydrogen-bond donors (Lipinski definition) is 0. The van der Waals surface area contributed by atoms with Crippen LogP contribution < -0.4 is 9.47 Å². The van der Waals surface area contributed by atoms with E-state index in [4.69, 9.17) is 14.5 Å². The maximum Gasteiger partial charge on any atom is 0.254 e. The Hall–Kier alpha value is -2.16. The zero-order valence-corrected chi connectivity index (χ0v) is 19.5. The van der Waals surface area contributed by atoms with E-state index >= 15 is 0 Å². The quantitative estimate of drug-likeness (QED) is 0.512. The van der Waals surface area contributed by atoms with Crippen LogP contribution in [0, 0.1) is 0 Å². The third-order valence-electron chi connectivity index (χ3n) is 5.12. The summed E-state index contributed by atoms with van der Waals surface area (Å²) in [6.45, 7) is 6.31. The average Bonchev–Trinajstić information content (AvgIpc) is 3.17. The molecule has 1 aliphatic heterocycles. The van der Waals surface area contributed by atoms with Gasteiger partial charge in [0, 0.05) is 31.7 Å². The van der Waals surface area contributed by atoms with Gasteiger partial charge in [0.1, 0.15) is 5.01 Å².